The lowest BCUT2D eigenvalue weighted by atomic mass is 10.2. The van der Waals surface area contributed by atoms with E-state index in [4.69, 9.17) is 4.74 Å². The normalized spacial score (nSPS) is 16.2. The number of amides is 1. The molecule has 0 radical (unpaired) electrons. The van der Waals surface area contributed by atoms with Crippen molar-refractivity contribution in [3.63, 3.8) is 0 Å². The number of carbonyl (C=O) groups excluding carboxylic acids is 2. The predicted octanol–water partition coefficient (Wildman–Crippen LogP) is 0.552. The summed E-state index contributed by atoms with van der Waals surface area (Å²) < 4.78 is 6.71. The molecule has 1 aromatic heterocycles. The van der Waals surface area contributed by atoms with Gasteiger partial charge in [0.15, 0.2) is 6.10 Å². The molecule has 6 nitrogen and oxygen atoms in total. The van der Waals surface area contributed by atoms with Crippen LogP contribution in [0.4, 0.5) is 0 Å². The summed E-state index contributed by atoms with van der Waals surface area (Å²) in [6, 6.07) is 0.263. The summed E-state index contributed by atoms with van der Waals surface area (Å²) in [6.07, 6.45) is 2.68. The fraction of sp³-hybridized carbons (Fsp3) is 0.583. The number of nitrogens with one attached hydrogen (secondary N) is 1. The highest BCUT2D eigenvalue weighted by Gasteiger charge is 2.27. The topological polar surface area (TPSA) is 73.2 Å². The van der Waals surface area contributed by atoms with Gasteiger partial charge in [0.25, 0.3) is 5.91 Å². The number of nitrogens with zero attached hydrogens (tertiary/aromatic N) is 2. The van der Waals surface area contributed by atoms with E-state index in [1.807, 2.05) is 0 Å². The van der Waals surface area contributed by atoms with Crippen molar-refractivity contribution in [3.05, 3.63) is 17.5 Å². The molecule has 2 rings (SSSR count). The number of esters is 1. The Balaban J connectivity index is 1.93. The highest BCUT2D eigenvalue weighted by atomic mass is 16.5. The van der Waals surface area contributed by atoms with Crippen molar-refractivity contribution in [3.8, 4) is 0 Å². The Hall–Kier alpha value is -1.85. The molecule has 1 fully saturated rings. The van der Waals surface area contributed by atoms with Crippen LogP contribution in [0.3, 0.4) is 0 Å². The van der Waals surface area contributed by atoms with Gasteiger partial charge in [-0.15, -0.1) is 0 Å². The van der Waals surface area contributed by atoms with Crippen molar-refractivity contribution < 1.29 is 14.3 Å². The molecule has 6 heteroatoms. The number of aryl methyl sites for hydroxylation is 1. The number of ether oxygens (including phenoxy) is 1. The summed E-state index contributed by atoms with van der Waals surface area (Å²) in [7, 11) is 1.75. The van der Waals surface area contributed by atoms with Gasteiger partial charge in [0.1, 0.15) is 5.56 Å². The van der Waals surface area contributed by atoms with Crippen LogP contribution < -0.4 is 5.32 Å². The molecule has 1 heterocycles. The van der Waals surface area contributed by atoms with E-state index in [-0.39, 0.29) is 11.9 Å². The van der Waals surface area contributed by atoms with E-state index >= 15 is 0 Å². The Morgan fingerprint density at radius 1 is 1.56 bits per heavy atom. The predicted molar refractivity (Wildman–Crippen MR) is 64.0 cm³/mol. The third-order valence-electron chi connectivity index (χ3n) is 3.03. The van der Waals surface area contributed by atoms with E-state index in [9.17, 15) is 9.59 Å². The Morgan fingerprint density at radius 3 is 2.72 bits per heavy atom. The summed E-state index contributed by atoms with van der Waals surface area (Å²) >= 11 is 0. The van der Waals surface area contributed by atoms with Crippen LogP contribution in [0.5, 0.6) is 0 Å². The van der Waals surface area contributed by atoms with Crippen LogP contribution in [0.15, 0.2) is 6.20 Å². The lowest BCUT2D eigenvalue weighted by molar-refractivity contribution is -0.129. The van der Waals surface area contributed by atoms with Crippen LogP contribution in [0.2, 0.25) is 0 Å². The van der Waals surface area contributed by atoms with Gasteiger partial charge in [-0.05, 0) is 26.7 Å². The third-order valence-corrected chi connectivity index (χ3v) is 3.03. The molecule has 0 unspecified atom stereocenters. The first-order valence-electron chi connectivity index (χ1n) is 5.99. The second-order valence-corrected chi connectivity index (χ2v) is 4.60. The summed E-state index contributed by atoms with van der Waals surface area (Å²) in [5.74, 6) is -0.758. The Bertz CT molecular complexity index is 477. The Labute approximate surface area is 105 Å². The van der Waals surface area contributed by atoms with Gasteiger partial charge in [0.05, 0.1) is 6.20 Å². The molecule has 1 saturated carbocycles. The maximum Gasteiger partial charge on any atom is 0.342 e. The van der Waals surface area contributed by atoms with Crippen LogP contribution in [0.1, 0.15) is 35.8 Å². The van der Waals surface area contributed by atoms with Gasteiger partial charge in [-0.2, -0.15) is 5.10 Å². The summed E-state index contributed by atoms with van der Waals surface area (Å²) in [4.78, 5) is 23.5. The maximum atomic E-state index is 11.8. The average molecular weight is 251 g/mol. The summed E-state index contributed by atoms with van der Waals surface area (Å²) in [5, 5.41) is 6.76. The first kappa shape index (κ1) is 12.6. The molecule has 18 heavy (non-hydrogen) atoms. The van der Waals surface area contributed by atoms with Gasteiger partial charge in [-0.1, -0.05) is 0 Å². The van der Waals surface area contributed by atoms with Crippen molar-refractivity contribution in [1.29, 1.82) is 0 Å². The number of hydrogen-bond donors (Lipinski definition) is 1. The van der Waals surface area contributed by atoms with Crippen molar-refractivity contribution in [2.75, 3.05) is 0 Å². The average Bonchev–Trinajstić information content (AvgIpc) is 3.06. The SMILES string of the molecule is Cc1c(C(=O)O[C@@H](C)C(=O)NC2CC2)cnn1C. The molecule has 0 bridgehead atoms. The van der Waals surface area contributed by atoms with Crippen molar-refractivity contribution in [2.45, 2.75) is 38.8 Å². The van der Waals surface area contributed by atoms with Crippen molar-refractivity contribution >= 4 is 11.9 Å². The molecule has 1 aromatic rings. The molecule has 1 aliphatic carbocycles. The molecule has 1 amide bonds. The van der Waals surface area contributed by atoms with E-state index in [1.165, 1.54) is 6.20 Å². The van der Waals surface area contributed by atoms with Gasteiger partial charge in [0.2, 0.25) is 0 Å². The minimum Gasteiger partial charge on any atom is -0.449 e. The number of rotatable bonds is 4. The van der Waals surface area contributed by atoms with Gasteiger partial charge >= 0.3 is 5.97 Å². The second kappa shape index (κ2) is 4.80. The van der Waals surface area contributed by atoms with E-state index in [0.29, 0.717) is 5.56 Å². The van der Waals surface area contributed by atoms with Crippen LogP contribution in [-0.4, -0.2) is 33.8 Å². The highest BCUT2D eigenvalue weighted by Crippen LogP contribution is 2.19. The van der Waals surface area contributed by atoms with Crippen molar-refractivity contribution in [1.82, 2.24) is 15.1 Å². The minimum absolute atomic E-state index is 0.243. The second-order valence-electron chi connectivity index (χ2n) is 4.60. The quantitative estimate of drug-likeness (QED) is 0.793. The summed E-state index contributed by atoms with van der Waals surface area (Å²) in [6.45, 7) is 3.35. The third kappa shape index (κ3) is 2.69. The zero-order chi connectivity index (χ0) is 13.3. The first-order valence-corrected chi connectivity index (χ1v) is 5.99. The molecule has 98 valence electrons. The van der Waals surface area contributed by atoms with Crippen LogP contribution in [0, 0.1) is 6.92 Å². The number of aromatic nitrogens is 2. The van der Waals surface area contributed by atoms with Gasteiger partial charge in [-0.3, -0.25) is 9.48 Å². The molecule has 0 aromatic carbocycles. The fourth-order valence-corrected chi connectivity index (χ4v) is 1.52. The smallest absolute Gasteiger partial charge is 0.342 e. The molecular formula is C12H17N3O3. The molecule has 1 aliphatic rings. The number of hydrogen-bond acceptors (Lipinski definition) is 4. The zero-order valence-electron chi connectivity index (χ0n) is 10.8. The van der Waals surface area contributed by atoms with E-state index in [2.05, 4.69) is 10.4 Å². The van der Waals surface area contributed by atoms with Crippen LogP contribution in [0.25, 0.3) is 0 Å². The van der Waals surface area contributed by atoms with Gasteiger partial charge < -0.3 is 10.1 Å². The minimum atomic E-state index is -0.780. The van der Waals surface area contributed by atoms with Crippen LogP contribution >= 0.6 is 0 Å². The highest BCUT2D eigenvalue weighted by molar-refractivity contribution is 5.93. The van der Waals surface area contributed by atoms with Crippen molar-refractivity contribution in [2.24, 2.45) is 7.05 Å². The number of carbonyl (C=O) groups is 2. The summed E-state index contributed by atoms with van der Waals surface area (Å²) in [5.41, 5.74) is 1.11. The zero-order valence-corrected chi connectivity index (χ0v) is 10.8. The van der Waals surface area contributed by atoms with E-state index in [1.54, 1.807) is 25.6 Å². The molecule has 0 spiro atoms. The molecule has 1 N–H and O–H groups in total. The molecule has 0 aliphatic heterocycles. The largest absolute Gasteiger partial charge is 0.449 e. The Kier molecular flexibility index (Phi) is 3.36. The van der Waals surface area contributed by atoms with Crippen LogP contribution in [-0.2, 0) is 16.6 Å². The lowest BCUT2D eigenvalue weighted by Gasteiger charge is -2.12. The fourth-order valence-electron chi connectivity index (χ4n) is 1.52. The molecule has 0 saturated heterocycles. The van der Waals surface area contributed by atoms with Gasteiger partial charge in [0, 0.05) is 18.8 Å². The van der Waals surface area contributed by atoms with E-state index < -0.39 is 12.1 Å². The van der Waals surface area contributed by atoms with E-state index in [0.717, 1.165) is 18.5 Å². The molecular weight excluding hydrogens is 234 g/mol. The first-order chi connectivity index (χ1) is 8.49. The maximum absolute atomic E-state index is 11.8. The Morgan fingerprint density at radius 2 is 2.22 bits per heavy atom. The monoisotopic (exact) mass is 251 g/mol. The van der Waals surface area contributed by atoms with Gasteiger partial charge in [-0.25, -0.2) is 4.79 Å². The lowest BCUT2D eigenvalue weighted by Crippen LogP contribution is -2.37. The molecule has 1 atom stereocenters. The standard InChI is InChI=1S/C12H17N3O3/c1-7-10(6-13-15(7)3)12(17)18-8(2)11(16)14-9-4-5-9/h6,8-9H,4-5H2,1-3H3,(H,14,16)/t8-/m0/s1.